The molecule has 2 aromatic carbocycles. The van der Waals surface area contributed by atoms with Crippen LogP contribution in [-0.4, -0.2) is 45.0 Å². The van der Waals surface area contributed by atoms with Crippen molar-refractivity contribution < 1.29 is 26.2 Å². The molecular weight excluding hydrogens is 440 g/mol. The smallest absolute Gasteiger partial charge is 0.332 e. The molecule has 10 heteroatoms. The molecule has 2 aromatic rings. The number of hydrogen-bond acceptors (Lipinski definition) is 6. The van der Waals surface area contributed by atoms with E-state index in [9.17, 15) is 21.5 Å². The van der Waals surface area contributed by atoms with Gasteiger partial charge in [0.05, 0.1) is 16.3 Å². The van der Waals surface area contributed by atoms with Gasteiger partial charge in [-0.2, -0.15) is 8.42 Å². The Morgan fingerprint density at radius 2 is 2.00 bits per heavy atom. The first-order valence-corrected chi connectivity index (χ1v) is 11.9. The zero-order chi connectivity index (χ0) is 23.1. The lowest BCUT2D eigenvalue weighted by molar-refractivity contribution is -0.128. The quantitative estimate of drug-likeness (QED) is 0.634. The molecule has 0 radical (unpaired) electrons. The van der Waals surface area contributed by atoms with E-state index in [4.69, 9.17) is 4.74 Å². The number of carbonyl (C=O) groups excluding carboxylic acids is 1. The van der Waals surface area contributed by atoms with Gasteiger partial charge >= 0.3 is 10.2 Å². The lowest BCUT2D eigenvalue weighted by atomic mass is 9.88. The topological polar surface area (TPSA) is 87.7 Å². The van der Waals surface area contributed by atoms with Crippen LogP contribution in [0.2, 0.25) is 0 Å². The number of nitrogens with one attached hydrogen (secondary N) is 2. The number of carbonyl (C=O) groups is 1. The summed E-state index contributed by atoms with van der Waals surface area (Å²) in [7, 11) is -4.77. The Bertz CT molecular complexity index is 1140. The fourth-order valence-electron chi connectivity index (χ4n) is 4.44. The Hall–Kier alpha value is -2.72. The molecular formula is C22H25F2N3O4S. The van der Waals surface area contributed by atoms with E-state index in [1.807, 2.05) is 11.8 Å². The number of halogens is 2. The molecule has 0 unspecified atom stereocenters. The molecule has 32 heavy (non-hydrogen) atoms. The van der Waals surface area contributed by atoms with Gasteiger partial charge in [-0.15, -0.1) is 3.89 Å². The maximum Gasteiger partial charge on any atom is 0.332 e. The van der Waals surface area contributed by atoms with Gasteiger partial charge in [-0.05, 0) is 69.6 Å². The molecule has 1 fully saturated rings. The molecule has 172 valence electrons. The number of hydrogen-bond donors (Lipinski definition) is 2. The molecule has 0 saturated carbocycles. The molecule has 0 spiro atoms. The Morgan fingerprint density at radius 1 is 1.28 bits per heavy atom. The minimum atomic E-state index is -4.77. The van der Waals surface area contributed by atoms with Gasteiger partial charge in [0.2, 0.25) is 5.91 Å². The van der Waals surface area contributed by atoms with Crippen LogP contribution in [0.25, 0.3) is 0 Å². The van der Waals surface area contributed by atoms with Crippen molar-refractivity contribution in [1.29, 1.82) is 0 Å². The van der Waals surface area contributed by atoms with Crippen LogP contribution in [-0.2, 0) is 20.6 Å². The summed E-state index contributed by atoms with van der Waals surface area (Å²) >= 11 is 0. The summed E-state index contributed by atoms with van der Waals surface area (Å²) in [4.78, 5) is 14.6. The minimum absolute atomic E-state index is 0.226. The summed E-state index contributed by atoms with van der Waals surface area (Å²) in [5.41, 5.74) is 0.659. The molecule has 1 amide bonds. The van der Waals surface area contributed by atoms with Gasteiger partial charge in [0.25, 0.3) is 0 Å². The van der Waals surface area contributed by atoms with E-state index in [2.05, 4.69) is 10.6 Å². The summed E-state index contributed by atoms with van der Waals surface area (Å²) in [5.74, 6) is -0.239. The van der Waals surface area contributed by atoms with Crippen molar-refractivity contribution in [1.82, 2.24) is 4.90 Å². The van der Waals surface area contributed by atoms with Crippen molar-refractivity contribution in [2.24, 2.45) is 0 Å². The van der Waals surface area contributed by atoms with Gasteiger partial charge in [-0.3, -0.25) is 9.69 Å². The van der Waals surface area contributed by atoms with E-state index in [0.29, 0.717) is 42.3 Å². The molecule has 2 atom stereocenters. The van der Waals surface area contributed by atoms with Gasteiger partial charge in [0.15, 0.2) is 0 Å². The van der Waals surface area contributed by atoms with Crippen LogP contribution in [0.3, 0.4) is 0 Å². The molecule has 2 aliphatic heterocycles. The second-order valence-corrected chi connectivity index (χ2v) is 9.52. The maximum atomic E-state index is 14.4. The Balaban J connectivity index is 1.57. The molecule has 2 aliphatic rings. The number of benzene rings is 2. The van der Waals surface area contributed by atoms with Crippen LogP contribution in [0, 0.1) is 5.82 Å². The normalized spacial score (nSPS) is 23.5. The van der Waals surface area contributed by atoms with Gasteiger partial charge in [0.1, 0.15) is 23.2 Å². The van der Waals surface area contributed by atoms with E-state index in [-0.39, 0.29) is 12.0 Å². The van der Waals surface area contributed by atoms with Crippen molar-refractivity contribution in [2.45, 2.75) is 43.2 Å². The van der Waals surface area contributed by atoms with Crippen LogP contribution >= 0.6 is 0 Å². The molecule has 4 rings (SSSR count). The number of nitrogens with zero attached hydrogens (tertiary/aromatic N) is 1. The standard InChI is InChI=1S/C22H25F2N3O4S/c1-3-25-19-12-14(23)11-18-20(19)26-21(28)22(18,2)27-10-4-5-16(13-27)31-15-6-8-17(9-7-15)32(24,29)30/h6-9,11-12,16,25H,3-5,10,13H2,1-2H3,(H,26,28)/t16-,22-/m1/s1. The molecule has 0 aromatic heterocycles. The van der Waals surface area contributed by atoms with Crippen molar-refractivity contribution in [3.8, 4) is 5.75 Å². The second-order valence-electron chi connectivity index (χ2n) is 8.17. The van der Waals surface area contributed by atoms with Gasteiger partial charge in [0, 0.05) is 18.7 Å². The first-order chi connectivity index (χ1) is 15.1. The third kappa shape index (κ3) is 4.04. The number of amides is 1. The molecule has 2 N–H and O–H groups in total. The highest BCUT2D eigenvalue weighted by Crippen LogP contribution is 2.45. The number of likely N-dealkylation sites (tertiary alicyclic amines) is 1. The predicted octanol–water partition coefficient (Wildman–Crippen LogP) is 3.63. The minimum Gasteiger partial charge on any atom is -0.489 e. The number of rotatable bonds is 6. The van der Waals surface area contributed by atoms with Crippen LogP contribution in [0.15, 0.2) is 41.3 Å². The van der Waals surface area contributed by atoms with Crippen LogP contribution in [0.1, 0.15) is 32.3 Å². The first kappa shape index (κ1) is 22.5. The van der Waals surface area contributed by atoms with Crippen molar-refractivity contribution in [2.75, 3.05) is 30.3 Å². The summed E-state index contributed by atoms with van der Waals surface area (Å²) in [6.45, 7) is 5.32. The van der Waals surface area contributed by atoms with Gasteiger partial charge in [-0.1, -0.05) is 0 Å². The van der Waals surface area contributed by atoms with Crippen LogP contribution in [0.4, 0.5) is 19.7 Å². The lowest BCUT2D eigenvalue weighted by Crippen LogP contribution is -2.54. The highest BCUT2D eigenvalue weighted by atomic mass is 32.3. The Kier molecular flexibility index (Phi) is 5.85. The number of piperidine rings is 1. The van der Waals surface area contributed by atoms with E-state index < -0.39 is 26.5 Å². The Labute approximate surface area is 186 Å². The van der Waals surface area contributed by atoms with Crippen LogP contribution in [0.5, 0.6) is 5.75 Å². The van der Waals surface area contributed by atoms with E-state index in [1.54, 1.807) is 6.92 Å². The number of ether oxygens (including phenoxy) is 1. The van der Waals surface area contributed by atoms with Crippen molar-refractivity contribution in [3.05, 3.63) is 47.8 Å². The SMILES string of the molecule is CCNc1cc(F)cc2c1NC(=O)[C@]2(C)N1CCC[C@@H](Oc2ccc(S(=O)(=O)F)cc2)C1. The fraction of sp³-hybridized carbons (Fsp3) is 0.409. The monoisotopic (exact) mass is 465 g/mol. The highest BCUT2D eigenvalue weighted by Gasteiger charge is 2.49. The fourth-order valence-corrected chi connectivity index (χ4v) is 4.90. The molecule has 1 saturated heterocycles. The van der Waals surface area contributed by atoms with E-state index in [0.717, 1.165) is 25.0 Å². The average molecular weight is 466 g/mol. The van der Waals surface area contributed by atoms with Gasteiger partial charge in [-0.25, -0.2) is 4.39 Å². The Morgan fingerprint density at radius 3 is 2.66 bits per heavy atom. The van der Waals surface area contributed by atoms with Crippen molar-refractivity contribution in [3.63, 3.8) is 0 Å². The summed E-state index contributed by atoms with van der Waals surface area (Å²) in [6.07, 6.45) is 1.22. The molecule has 0 bridgehead atoms. The highest BCUT2D eigenvalue weighted by molar-refractivity contribution is 7.86. The largest absolute Gasteiger partial charge is 0.489 e. The number of fused-ring (bicyclic) bond motifs is 1. The molecule has 0 aliphatic carbocycles. The number of anilines is 2. The third-order valence-electron chi connectivity index (χ3n) is 6.09. The van der Waals surface area contributed by atoms with Crippen LogP contribution < -0.4 is 15.4 Å². The zero-order valence-electron chi connectivity index (χ0n) is 17.8. The summed E-state index contributed by atoms with van der Waals surface area (Å²) in [5, 5.41) is 6.01. The third-order valence-corrected chi connectivity index (χ3v) is 6.93. The van der Waals surface area contributed by atoms with E-state index in [1.165, 1.54) is 24.3 Å². The molecule has 2 heterocycles. The second kappa shape index (κ2) is 8.32. The van der Waals surface area contributed by atoms with Gasteiger partial charge < -0.3 is 15.4 Å². The van der Waals surface area contributed by atoms with E-state index >= 15 is 0 Å². The van der Waals surface area contributed by atoms with Crippen molar-refractivity contribution >= 4 is 27.5 Å². The first-order valence-electron chi connectivity index (χ1n) is 10.5. The average Bonchev–Trinajstić information content (AvgIpc) is 3.00. The maximum absolute atomic E-state index is 14.4. The summed E-state index contributed by atoms with van der Waals surface area (Å²) < 4.78 is 55.5. The lowest BCUT2D eigenvalue weighted by Gasteiger charge is -2.42. The predicted molar refractivity (Wildman–Crippen MR) is 117 cm³/mol. The molecule has 7 nitrogen and oxygen atoms in total. The zero-order valence-corrected chi connectivity index (χ0v) is 18.6. The summed E-state index contributed by atoms with van der Waals surface area (Å²) in [6, 6.07) is 7.88.